The number of carbonyl (C=O) groups is 1. The van der Waals surface area contributed by atoms with E-state index in [0.717, 1.165) is 67.6 Å². The van der Waals surface area contributed by atoms with Gasteiger partial charge < -0.3 is 9.80 Å². The third-order valence-corrected chi connectivity index (χ3v) is 7.37. The number of carbonyl (C=O) groups excluding carboxylic acids is 1. The van der Waals surface area contributed by atoms with E-state index in [1.54, 1.807) is 11.3 Å². The molecule has 0 unspecified atom stereocenters. The molecule has 0 atom stereocenters. The first-order valence-electron chi connectivity index (χ1n) is 9.49. The van der Waals surface area contributed by atoms with Gasteiger partial charge in [0.25, 0.3) is 5.91 Å². The van der Waals surface area contributed by atoms with Gasteiger partial charge in [-0.2, -0.15) is 0 Å². The maximum Gasteiger partial charge on any atom is 0.265 e. The molecule has 6 heteroatoms. The van der Waals surface area contributed by atoms with Crippen LogP contribution in [0.1, 0.15) is 59.4 Å². The smallest absolute Gasteiger partial charge is 0.265 e. The number of aromatic nitrogens is 1. The van der Waals surface area contributed by atoms with Gasteiger partial charge in [-0.25, -0.2) is 4.98 Å². The number of hydrogen-bond acceptors (Lipinski definition) is 5. The molecule has 2 aliphatic heterocycles. The van der Waals surface area contributed by atoms with Gasteiger partial charge in [0.1, 0.15) is 4.88 Å². The number of amides is 1. The van der Waals surface area contributed by atoms with Gasteiger partial charge in [-0.15, -0.1) is 11.3 Å². The summed E-state index contributed by atoms with van der Waals surface area (Å²) in [5.41, 5.74) is 1.03. The highest BCUT2D eigenvalue weighted by Gasteiger charge is 2.41. The molecule has 140 valence electrons. The molecule has 0 aromatic carbocycles. The van der Waals surface area contributed by atoms with Crippen molar-refractivity contribution in [2.24, 2.45) is 0 Å². The molecule has 0 N–H and O–H groups in total. The fourth-order valence-electron chi connectivity index (χ4n) is 4.05. The predicted molar refractivity (Wildman–Crippen MR) is 104 cm³/mol. The van der Waals surface area contributed by atoms with Crippen molar-refractivity contribution in [1.29, 1.82) is 0 Å². The summed E-state index contributed by atoms with van der Waals surface area (Å²) in [7, 11) is 4.44. The number of likely N-dealkylation sites (N-methyl/N-ethyl adjacent to an activating group) is 1. The predicted octanol–water partition coefficient (Wildman–Crippen LogP) is 2.82. The molecule has 1 amide bonds. The van der Waals surface area contributed by atoms with E-state index in [4.69, 9.17) is 0 Å². The second kappa shape index (κ2) is 7.33. The van der Waals surface area contributed by atoms with E-state index in [1.165, 1.54) is 0 Å². The van der Waals surface area contributed by atoms with E-state index in [0.29, 0.717) is 5.92 Å². The van der Waals surface area contributed by atoms with Crippen LogP contribution in [0.5, 0.6) is 0 Å². The summed E-state index contributed by atoms with van der Waals surface area (Å²) in [4.78, 5) is 25.8. The maximum absolute atomic E-state index is 13.3. The Labute approximate surface area is 156 Å². The first kappa shape index (κ1) is 18.8. The van der Waals surface area contributed by atoms with Gasteiger partial charge in [0.15, 0.2) is 0 Å². The Morgan fingerprint density at radius 3 is 2.44 bits per heavy atom. The molecule has 5 nitrogen and oxygen atoms in total. The van der Waals surface area contributed by atoms with Crippen molar-refractivity contribution in [1.82, 2.24) is 19.7 Å². The lowest BCUT2D eigenvalue weighted by atomic mass is 9.85. The minimum atomic E-state index is 0.137. The van der Waals surface area contributed by atoms with E-state index >= 15 is 0 Å². The summed E-state index contributed by atoms with van der Waals surface area (Å²) < 4.78 is 0. The molecule has 0 bridgehead atoms. The molecule has 0 aliphatic carbocycles. The summed E-state index contributed by atoms with van der Waals surface area (Å²) in [5.74, 6) is 0.566. The van der Waals surface area contributed by atoms with Gasteiger partial charge in [-0.1, -0.05) is 13.8 Å². The highest BCUT2D eigenvalue weighted by atomic mass is 32.1. The minimum absolute atomic E-state index is 0.137. The van der Waals surface area contributed by atoms with E-state index < -0.39 is 0 Å². The van der Waals surface area contributed by atoms with Crippen LogP contribution in [-0.2, 0) is 0 Å². The Hall–Kier alpha value is -0.980. The standard InChI is InChI=1S/C19H32N4OS/c1-14(2)17-20-15(3)16(25-17)18(24)23-10-6-9-22(5)19(13-23)7-11-21(4)12-8-19/h14H,6-13H2,1-5H3. The molecule has 1 aromatic rings. The average molecular weight is 365 g/mol. The molecular weight excluding hydrogens is 332 g/mol. The summed E-state index contributed by atoms with van der Waals surface area (Å²) >= 11 is 1.59. The summed E-state index contributed by atoms with van der Waals surface area (Å²) in [6.07, 6.45) is 3.33. The second-order valence-corrected chi connectivity index (χ2v) is 9.18. The minimum Gasteiger partial charge on any atom is -0.336 e. The molecule has 3 rings (SSSR count). The fourth-order valence-corrected chi connectivity index (χ4v) is 5.08. The van der Waals surface area contributed by atoms with Gasteiger partial charge in [0.05, 0.1) is 10.7 Å². The summed E-state index contributed by atoms with van der Waals surface area (Å²) in [5, 5.41) is 1.07. The Balaban J connectivity index is 1.82. The lowest BCUT2D eigenvalue weighted by molar-refractivity contribution is 0.0318. The van der Waals surface area contributed by atoms with Crippen molar-refractivity contribution in [2.45, 2.75) is 51.5 Å². The third kappa shape index (κ3) is 3.76. The largest absolute Gasteiger partial charge is 0.336 e. The number of nitrogens with zero attached hydrogens (tertiary/aromatic N) is 4. The molecule has 1 spiro atoms. The van der Waals surface area contributed by atoms with Crippen LogP contribution in [0.4, 0.5) is 0 Å². The molecule has 0 radical (unpaired) electrons. The Kier molecular flexibility index (Phi) is 5.51. The van der Waals surface area contributed by atoms with Crippen LogP contribution < -0.4 is 0 Å². The molecule has 2 saturated heterocycles. The first-order chi connectivity index (χ1) is 11.8. The first-order valence-corrected chi connectivity index (χ1v) is 10.3. The van der Waals surface area contributed by atoms with E-state index in [-0.39, 0.29) is 11.4 Å². The molecule has 0 saturated carbocycles. The average Bonchev–Trinajstić information content (AvgIpc) is 2.89. The van der Waals surface area contributed by atoms with Crippen molar-refractivity contribution in [3.8, 4) is 0 Å². The normalized spacial score (nSPS) is 22.6. The third-order valence-electron chi connectivity index (χ3n) is 5.92. The zero-order valence-electron chi connectivity index (χ0n) is 16.3. The fraction of sp³-hybridized carbons (Fsp3) is 0.789. The van der Waals surface area contributed by atoms with E-state index in [9.17, 15) is 4.79 Å². The molecule has 1 aromatic heterocycles. The monoisotopic (exact) mass is 364 g/mol. The number of hydrogen-bond donors (Lipinski definition) is 0. The van der Waals surface area contributed by atoms with Crippen LogP contribution >= 0.6 is 11.3 Å². The Morgan fingerprint density at radius 2 is 1.84 bits per heavy atom. The van der Waals surface area contributed by atoms with Crippen molar-refractivity contribution in [2.75, 3.05) is 46.8 Å². The highest BCUT2D eigenvalue weighted by molar-refractivity contribution is 7.13. The van der Waals surface area contributed by atoms with Crippen LogP contribution in [0.15, 0.2) is 0 Å². The maximum atomic E-state index is 13.3. The SMILES string of the molecule is Cc1nc(C(C)C)sc1C(=O)N1CCCN(C)C2(CCN(C)CC2)C1. The highest BCUT2D eigenvalue weighted by Crippen LogP contribution is 2.32. The topological polar surface area (TPSA) is 39.7 Å². The van der Waals surface area contributed by atoms with Crippen molar-refractivity contribution in [3.63, 3.8) is 0 Å². The van der Waals surface area contributed by atoms with Gasteiger partial charge in [0.2, 0.25) is 0 Å². The van der Waals surface area contributed by atoms with Crippen molar-refractivity contribution >= 4 is 17.2 Å². The number of rotatable bonds is 2. The lowest BCUT2D eigenvalue weighted by Gasteiger charge is -2.47. The van der Waals surface area contributed by atoms with Crippen molar-refractivity contribution in [3.05, 3.63) is 15.6 Å². The lowest BCUT2D eigenvalue weighted by Crippen LogP contribution is -2.58. The van der Waals surface area contributed by atoms with Gasteiger partial charge >= 0.3 is 0 Å². The Bertz CT molecular complexity index is 619. The quantitative estimate of drug-likeness (QED) is 0.809. The number of likely N-dealkylation sites (tertiary alicyclic amines) is 1. The molecule has 25 heavy (non-hydrogen) atoms. The van der Waals surface area contributed by atoms with Crippen LogP contribution in [0.2, 0.25) is 0 Å². The van der Waals surface area contributed by atoms with Crippen LogP contribution in [0.3, 0.4) is 0 Å². The summed E-state index contributed by atoms with van der Waals surface area (Å²) in [6, 6.07) is 0. The molecule has 3 heterocycles. The number of piperidine rings is 1. The van der Waals surface area contributed by atoms with Gasteiger partial charge in [-0.3, -0.25) is 9.69 Å². The molecule has 2 aliphatic rings. The summed E-state index contributed by atoms with van der Waals surface area (Å²) in [6.45, 7) is 11.3. The zero-order chi connectivity index (χ0) is 18.2. The Morgan fingerprint density at radius 1 is 1.16 bits per heavy atom. The molecular formula is C19H32N4OS. The number of aryl methyl sites for hydroxylation is 1. The van der Waals surface area contributed by atoms with Crippen LogP contribution in [0.25, 0.3) is 0 Å². The van der Waals surface area contributed by atoms with E-state index in [1.807, 2.05) is 6.92 Å². The van der Waals surface area contributed by atoms with Crippen molar-refractivity contribution < 1.29 is 4.79 Å². The van der Waals surface area contributed by atoms with E-state index in [2.05, 4.69) is 47.6 Å². The number of thiazole rings is 1. The van der Waals surface area contributed by atoms with Crippen LogP contribution in [-0.4, -0.2) is 77.9 Å². The van der Waals surface area contributed by atoms with Crippen LogP contribution in [0, 0.1) is 6.92 Å². The second-order valence-electron chi connectivity index (χ2n) is 8.15. The van der Waals surface area contributed by atoms with Gasteiger partial charge in [-0.05, 0) is 53.4 Å². The molecule has 2 fully saturated rings. The zero-order valence-corrected chi connectivity index (χ0v) is 17.2. The van der Waals surface area contributed by atoms with Gasteiger partial charge in [0, 0.05) is 31.1 Å².